The molecule has 1 unspecified atom stereocenters. The molecule has 1 saturated heterocycles. The van der Waals surface area contributed by atoms with E-state index in [0.717, 1.165) is 43.6 Å². The van der Waals surface area contributed by atoms with E-state index in [1.54, 1.807) is 0 Å². The summed E-state index contributed by atoms with van der Waals surface area (Å²) in [6.07, 6.45) is 2.62. The van der Waals surface area contributed by atoms with E-state index in [-0.39, 0.29) is 5.97 Å². The molecule has 0 spiro atoms. The van der Waals surface area contributed by atoms with E-state index >= 15 is 0 Å². The van der Waals surface area contributed by atoms with E-state index < -0.39 is 0 Å². The molecule has 3 rings (SSSR count). The van der Waals surface area contributed by atoms with Gasteiger partial charge in [0.1, 0.15) is 0 Å². The van der Waals surface area contributed by atoms with Crippen molar-refractivity contribution in [1.82, 2.24) is 4.90 Å². The van der Waals surface area contributed by atoms with Crippen molar-refractivity contribution in [2.45, 2.75) is 19.3 Å². The van der Waals surface area contributed by atoms with Gasteiger partial charge >= 0.3 is 5.97 Å². The van der Waals surface area contributed by atoms with Crippen LogP contribution in [0.5, 0.6) is 0 Å². The van der Waals surface area contributed by atoms with Crippen LogP contribution in [0.25, 0.3) is 11.1 Å². The summed E-state index contributed by atoms with van der Waals surface area (Å²) in [5.41, 5.74) is 4.29. The number of benzene rings is 2. The highest BCUT2D eigenvalue weighted by molar-refractivity contribution is 5.69. The van der Waals surface area contributed by atoms with Gasteiger partial charge in [0.2, 0.25) is 0 Å². The van der Waals surface area contributed by atoms with Gasteiger partial charge in [-0.15, -0.1) is 0 Å². The van der Waals surface area contributed by atoms with Gasteiger partial charge in [0, 0.05) is 19.5 Å². The molecule has 0 radical (unpaired) electrons. The van der Waals surface area contributed by atoms with Crippen LogP contribution in [0.15, 0.2) is 48.5 Å². The maximum absolute atomic E-state index is 11.4. The van der Waals surface area contributed by atoms with Gasteiger partial charge in [-0.1, -0.05) is 36.4 Å². The number of nitriles is 1. The highest BCUT2D eigenvalue weighted by atomic mass is 16.5. The molecule has 134 valence electrons. The predicted octanol–water partition coefficient (Wildman–Crippen LogP) is 3.65. The van der Waals surface area contributed by atoms with Crippen LogP contribution in [0.4, 0.5) is 0 Å². The average Bonchev–Trinajstić information content (AvgIpc) is 3.14. The third-order valence-corrected chi connectivity index (χ3v) is 5.07. The maximum Gasteiger partial charge on any atom is 0.305 e. The van der Waals surface area contributed by atoms with E-state index in [0.29, 0.717) is 17.9 Å². The van der Waals surface area contributed by atoms with E-state index in [9.17, 15) is 4.79 Å². The number of esters is 1. The van der Waals surface area contributed by atoms with Crippen LogP contribution in [0.1, 0.15) is 24.0 Å². The molecule has 0 bridgehead atoms. The molecule has 1 aliphatic rings. The number of carbonyl (C=O) groups excluding carboxylic acids is 1. The van der Waals surface area contributed by atoms with E-state index in [1.165, 1.54) is 12.7 Å². The molecular weight excluding hydrogens is 324 g/mol. The smallest absolute Gasteiger partial charge is 0.305 e. The van der Waals surface area contributed by atoms with Crippen LogP contribution in [0.3, 0.4) is 0 Å². The van der Waals surface area contributed by atoms with Gasteiger partial charge in [0.15, 0.2) is 0 Å². The Morgan fingerprint density at radius 2 is 1.81 bits per heavy atom. The molecule has 0 N–H and O–H groups in total. The summed E-state index contributed by atoms with van der Waals surface area (Å²) < 4.78 is 4.76. The summed E-state index contributed by atoms with van der Waals surface area (Å²) in [6.45, 7) is 3.07. The third-order valence-electron chi connectivity index (χ3n) is 5.07. The number of ether oxygens (including phenoxy) is 1. The molecule has 2 aromatic carbocycles. The monoisotopic (exact) mass is 348 g/mol. The zero-order valence-corrected chi connectivity index (χ0v) is 15.1. The minimum absolute atomic E-state index is 0.102. The highest BCUT2D eigenvalue weighted by Gasteiger charge is 2.24. The van der Waals surface area contributed by atoms with E-state index in [4.69, 9.17) is 10.00 Å². The predicted molar refractivity (Wildman–Crippen MR) is 101 cm³/mol. The molecule has 26 heavy (non-hydrogen) atoms. The zero-order chi connectivity index (χ0) is 18.4. The van der Waals surface area contributed by atoms with Gasteiger partial charge < -0.3 is 9.64 Å². The number of likely N-dealkylation sites (tertiary alicyclic amines) is 1. The molecule has 4 nitrogen and oxygen atoms in total. The molecule has 1 aliphatic heterocycles. The lowest BCUT2D eigenvalue weighted by Crippen LogP contribution is -2.24. The average molecular weight is 348 g/mol. The van der Waals surface area contributed by atoms with E-state index in [1.807, 2.05) is 24.3 Å². The Labute approximate surface area is 155 Å². The molecule has 0 amide bonds. The summed E-state index contributed by atoms with van der Waals surface area (Å²) in [7, 11) is 1.45. The number of hydrogen-bond acceptors (Lipinski definition) is 4. The van der Waals surface area contributed by atoms with Crippen LogP contribution in [-0.4, -0.2) is 37.6 Å². The van der Waals surface area contributed by atoms with Crippen LogP contribution < -0.4 is 0 Å². The zero-order valence-electron chi connectivity index (χ0n) is 15.1. The SMILES string of the molecule is COC(=O)CC1CCN(CCc2ccc(-c3ccc(C#N)cc3)cc2)C1. The van der Waals surface area contributed by atoms with E-state index in [2.05, 4.69) is 35.2 Å². The Balaban J connectivity index is 1.50. The Morgan fingerprint density at radius 1 is 1.15 bits per heavy atom. The van der Waals surface area contributed by atoms with Crippen molar-refractivity contribution < 1.29 is 9.53 Å². The largest absolute Gasteiger partial charge is 0.469 e. The lowest BCUT2D eigenvalue weighted by molar-refractivity contribution is -0.141. The minimum atomic E-state index is -0.102. The number of nitrogens with zero attached hydrogens (tertiary/aromatic N) is 2. The molecule has 1 fully saturated rings. The normalized spacial score (nSPS) is 17.0. The van der Waals surface area contributed by atoms with Crippen molar-refractivity contribution in [3.05, 3.63) is 59.7 Å². The molecule has 1 heterocycles. The maximum atomic E-state index is 11.4. The van der Waals surface area contributed by atoms with Crippen molar-refractivity contribution in [2.75, 3.05) is 26.7 Å². The molecule has 0 aliphatic carbocycles. The Hall–Kier alpha value is -2.64. The number of hydrogen-bond donors (Lipinski definition) is 0. The summed E-state index contributed by atoms with van der Waals surface area (Å²) in [6, 6.07) is 18.4. The lowest BCUT2D eigenvalue weighted by Gasteiger charge is -2.16. The Morgan fingerprint density at radius 3 is 2.42 bits per heavy atom. The first kappa shape index (κ1) is 18.2. The second-order valence-corrected chi connectivity index (χ2v) is 6.87. The lowest BCUT2D eigenvalue weighted by atomic mass is 10.0. The van der Waals surface area contributed by atoms with Crippen LogP contribution in [0.2, 0.25) is 0 Å². The quantitative estimate of drug-likeness (QED) is 0.748. The second-order valence-electron chi connectivity index (χ2n) is 6.87. The fraction of sp³-hybridized carbons (Fsp3) is 0.364. The van der Waals surface area contributed by atoms with Gasteiger partial charge in [-0.05, 0) is 54.1 Å². The first-order valence-corrected chi connectivity index (χ1v) is 9.06. The van der Waals surface area contributed by atoms with Crippen LogP contribution >= 0.6 is 0 Å². The molecule has 0 saturated carbocycles. The Bertz CT molecular complexity index is 775. The first-order chi connectivity index (χ1) is 12.7. The molecule has 2 aromatic rings. The third kappa shape index (κ3) is 4.71. The molecule has 4 heteroatoms. The highest BCUT2D eigenvalue weighted by Crippen LogP contribution is 2.22. The van der Waals surface area contributed by atoms with Gasteiger partial charge in [0.05, 0.1) is 18.7 Å². The van der Waals surface area contributed by atoms with Crippen LogP contribution in [0, 0.1) is 17.2 Å². The fourth-order valence-electron chi connectivity index (χ4n) is 3.49. The van der Waals surface area contributed by atoms with Gasteiger partial charge in [-0.25, -0.2) is 0 Å². The van der Waals surface area contributed by atoms with Crippen molar-refractivity contribution in [3.8, 4) is 17.2 Å². The van der Waals surface area contributed by atoms with Crippen molar-refractivity contribution in [3.63, 3.8) is 0 Å². The summed E-state index contributed by atoms with van der Waals surface area (Å²) in [5.74, 6) is 0.330. The van der Waals surface area contributed by atoms with Crippen molar-refractivity contribution in [2.24, 2.45) is 5.92 Å². The van der Waals surface area contributed by atoms with Gasteiger partial charge in [-0.2, -0.15) is 5.26 Å². The summed E-state index contributed by atoms with van der Waals surface area (Å²) in [5, 5.41) is 8.88. The minimum Gasteiger partial charge on any atom is -0.469 e. The van der Waals surface area contributed by atoms with Crippen molar-refractivity contribution in [1.29, 1.82) is 5.26 Å². The summed E-state index contributed by atoms with van der Waals surface area (Å²) in [4.78, 5) is 13.8. The fourth-order valence-corrected chi connectivity index (χ4v) is 3.49. The van der Waals surface area contributed by atoms with Crippen LogP contribution in [-0.2, 0) is 16.0 Å². The molecule has 0 aromatic heterocycles. The number of methoxy groups -OCH3 is 1. The Kier molecular flexibility index (Phi) is 6.04. The molecular formula is C22H24N2O2. The summed E-state index contributed by atoms with van der Waals surface area (Å²) >= 11 is 0. The standard InChI is InChI=1S/C22H24N2O2/c1-26-22(25)14-19-11-13-24(16-19)12-10-17-2-6-20(7-3-17)21-8-4-18(15-23)5-9-21/h2-9,19H,10-14,16H2,1H3. The topological polar surface area (TPSA) is 53.3 Å². The van der Waals surface area contributed by atoms with Crippen molar-refractivity contribution >= 4 is 5.97 Å². The van der Waals surface area contributed by atoms with Gasteiger partial charge in [0.25, 0.3) is 0 Å². The molecule has 1 atom stereocenters. The second kappa shape index (κ2) is 8.64. The number of rotatable bonds is 6. The first-order valence-electron chi connectivity index (χ1n) is 9.06. The van der Waals surface area contributed by atoms with Gasteiger partial charge in [-0.3, -0.25) is 4.79 Å². The number of carbonyl (C=O) groups is 1.